The molecule has 0 fully saturated rings. The van der Waals surface area contributed by atoms with E-state index in [1.54, 1.807) is 4.68 Å². The molecular formula is C18H25ClN4O3. The molecule has 0 aliphatic heterocycles. The minimum Gasteiger partial charge on any atom is -0.480 e. The molecule has 0 spiro atoms. The Morgan fingerprint density at radius 3 is 2.46 bits per heavy atom. The maximum Gasteiger partial charge on any atom is 0.320 e. The van der Waals surface area contributed by atoms with Crippen molar-refractivity contribution in [1.82, 2.24) is 15.1 Å². The summed E-state index contributed by atoms with van der Waals surface area (Å²) in [7, 11) is 0. The van der Waals surface area contributed by atoms with Gasteiger partial charge in [-0.1, -0.05) is 31.5 Å². The molecule has 7 nitrogen and oxygen atoms in total. The molecule has 1 aromatic heterocycles. The molecule has 0 aliphatic rings. The van der Waals surface area contributed by atoms with Crippen LogP contribution in [0.1, 0.15) is 31.2 Å². The fraction of sp³-hybridized carbons (Fsp3) is 0.389. The lowest BCUT2D eigenvalue weighted by Gasteiger charge is -2.13. The maximum absolute atomic E-state index is 12.2. The van der Waals surface area contributed by atoms with Crippen molar-refractivity contribution in [2.45, 2.75) is 39.7 Å². The highest BCUT2D eigenvalue weighted by Gasteiger charge is 2.19. The molecular weight excluding hydrogens is 356 g/mol. The summed E-state index contributed by atoms with van der Waals surface area (Å²) in [5.41, 5.74) is 3.09. The highest BCUT2D eigenvalue weighted by atomic mass is 35.5. The number of hydrogen-bond acceptors (Lipinski definition) is 4. The number of carbonyl (C=O) groups is 2. The average molecular weight is 381 g/mol. The zero-order valence-corrected chi connectivity index (χ0v) is 16.0. The zero-order valence-electron chi connectivity index (χ0n) is 15.2. The molecule has 0 saturated heterocycles. The van der Waals surface area contributed by atoms with Gasteiger partial charge in [0.05, 0.1) is 29.3 Å². The summed E-state index contributed by atoms with van der Waals surface area (Å²) in [6.45, 7) is 5.55. The Balaban J connectivity index is 0.00000338. The van der Waals surface area contributed by atoms with Gasteiger partial charge in [0.2, 0.25) is 5.91 Å². The summed E-state index contributed by atoms with van der Waals surface area (Å²) in [5, 5.41) is 19.2. The number of aryl methyl sites for hydroxylation is 1. The summed E-state index contributed by atoms with van der Waals surface area (Å²) in [5.74, 6) is -1.24. The number of nitrogens with one attached hydrogen (secondary N) is 2. The fourth-order valence-electron chi connectivity index (χ4n) is 2.65. The first-order chi connectivity index (χ1) is 11.9. The van der Waals surface area contributed by atoms with Gasteiger partial charge in [0.25, 0.3) is 0 Å². The number of aromatic nitrogens is 2. The minimum atomic E-state index is -0.945. The third-order valence-corrected chi connectivity index (χ3v) is 3.94. The van der Waals surface area contributed by atoms with Crippen molar-refractivity contribution < 1.29 is 14.7 Å². The van der Waals surface area contributed by atoms with Crippen molar-refractivity contribution in [3.63, 3.8) is 0 Å². The number of halogens is 1. The number of benzene rings is 1. The van der Waals surface area contributed by atoms with Crippen LogP contribution in [0.25, 0.3) is 5.69 Å². The quantitative estimate of drug-likeness (QED) is 0.654. The molecule has 2 aromatic rings. The first kappa shape index (κ1) is 21.7. The third kappa shape index (κ3) is 5.31. The van der Waals surface area contributed by atoms with Gasteiger partial charge in [-0.2, -0.15) is 5.10 Å². The number of anilines is 1. The van der Waals surface area contributed by atoms with Crippen molar-refractivity contribution >= 4 is 30.0 Å². The summed E-state index contributed by atoms with van der Waals surface area (Å²) in [6, 6.07) is 8.94. The molecule has 3 N–H and O–H groups in total. The van der Waals surface area contributed by atoms with E-state index < -0.39 is 12.0 Å². The molecule has 26 heavy (non-hydrogen) atoms. The van der Waals surface area contributed by atoms with Crippen LogP contribution in [0.3, 0.4) is 0 Å². The maximum atomic E-state index is 12.2. The van der Waals surface area contributed by atoms with Crippen LogP contribution in [0.2, 0.25) is 0 Å². The van der Waals surface area contributed by atoms with Gasteiger partial charge in [0, 0.05) is 0 Å². The number of nitrogens with zero attached hydrogens (tertiary/aromatic N) is 2. The van der Waals surface area contributed by atoms with Crippen LogP contribution in [0, 0.1) is 13.8 Å². The smallest absolute Gasteiger partial charge is 0.320 e. The van der Waals surface area contributed by atoms with Crippen LogP contribution in [0.15, 0.2) is 30.3 Å². The van der Waals surface area contributed by atoms with Gasteiger partial charge in [-0.3, -0.25) is 14.9 Å². The number of carboxylic acids is 1. The van der Waals surface area contributed by atoms with E-state index in [-0.39, 0.29) is 24.9 Å². The molecule has 0 radical (unpaired) electrons. The van der Waals surface area contributed by atoms with Gasteiger partial charge in [-0.05, 0) is 32.4 Å². The van der Waals surface area contributed by atoms with Crippen LogP contribution in [0.4, 0.5) is 5.69 Å². The summed E-state index contributed by atoms with van der Waals surface area (Å²) in [6.07, 6.45) is 1.21. The molecule has 1 heterocycles. The predicted octanol–water partition coefficient (Wildman–Crippen LogP) is 2.69. The number of amides is 1. The second-order valence-corrected chi connectivity index (χ2v) is 5.90. The van der Waals surface area contributed by atoms with Crippen molar-refractivity contribution in [2.75, 3.05) is 11.9 Å². The van der Waals surface area contributed by atoms with Crippen molar-refractivity contribution in [3.8, 4) is 5.69 Å². The molecule has 1 unspecified atom stereocenters. The van der Waals surface area contributed by atoms with Gasteiger partial charge in [0.1, 0.15) is 6.04 Å². The summed E-state index contributed by atoms with van der Waals surface area (Å²) >= 11 is 0. The second kappa shape index (κ2) is 9.94. The normalized spacial score (nSPS) is 11.5. The Morgan fingerprint density at radius 1 is 1.23 bits per heavy atom. The number of rotatable bonds is 8. The van der Waals surface area contributed by atoms with Crippen molar-refractivity contribution in [2.24, 2.45) is 0 Å². The standard InChI is InChI=1S/C18H24N4O3.ClH/c1-4-8-15(18(24)25)19-11-16(23)20-17-12(2)21-22(13(17)3)14-9-6-5-7-10-14;/h5-7,9-10,15,19H,4,8,11H2,1-3H3,(H,20,23)(H,24,25);1H. The van der Waals surface area contributed by atoms with E-state index in [2.05, 4.69) is 15.7 Å². The molecule has 2 rings (SSSR count). The Labute approximate surface area is 159 Å². The second-order valence-electron chi connectivity index (χ2n) is 5.90. The lowest BCUT2D eigenvalue weighted by molar-refractivity contribution is -0.139. The van der Waals surface area contributed by atoms with E-state index in [1.165, 1.54) is 0 Å². The number of hydrogen-bond donors (Lipinski definition) is 3. The Kier molecular flexibility index (Phi) is 8.28. The Bertz CT molecular complexity index is 746. The lowest BCUT2D eigenvalue weighted by atomic mass is 10.1. The van der Waals surface area contributed by atoms with Crippen LogP contribution in [-0.2, 0) is 9.59 Å². The fourth-order valence-corrected chi connectivity index (χ4v) is 2.65. The van der Waals surface area contributed by atoms with Crippen molar-refractivity contribution in [1.29, 1.82) is 0 Å². The Morgan fingerprint density at radius 2 is 1.88 bits per heavy atom. The van der Waals surface area contributed by atoms with E-state index in [0.717, 1.165) is 17.8 Å². The number of carboxylic acid groups (broad SMARTS) is 1. The molecule has 1 atom stereocenters. The first-order valence-electron chi connectivity index (χ1n) is 8.31. The zero-order chi connectivity index (χ0) is 18.4. The van der Waals surface area contributed by atoms with Gasteiger partial charge in [-0.15, -0.1) is 12.4 Å². The molecule has 142 valence electrons. The van der Waals surface area contributed by atoms with Crippen LogP contribution in [0.5, 0.6) is 0 Å². The monoisotopic (exact) mass is 380 g/mol. The van der Waals surface area contributed by atoms with E-state index in [4.69, 9.17) is 5.11 Å². The van der Waals surface area contributed by atoms with Gasteiger partial charge < -0.3 is 10.4 Å². The largest absolute Gasteiger partial charge is 0.480 e. The summed E-state index contributed by atoms with van der Waals surface area (Å²) < 4.78 is 1.77. The molecule has 0 saturated carbocycles. The highest BCUT2D eigenvalue weighted by molar-refractivity contribution is 5.93. The summed E-state index contributed by atoms with van der Waals surface area (Å²) in [4.78, 5) is 23.3. The predicted molar refractivity (Wildman–Crippen MR) is 103 cm³/mol. The third-order valence-electron chi connectivity index (χ3n) is 3.94. The number of aliphatic carboxylic acids is 1. The lowest BCUT2D eigenvalue weighted by Crippen LogP contribution is -2.41. The minimum absolute atomic E-state index is 0. The van der Waals surface area contributed by atoms with Gasteiger partial charge in [0.15, 0.2) is 0 Å². The molecule has 0 aliphatic carbocycles. The van der Waals surface area contributed by atoms with E-state index in [9.17, 15) is 9.59 Å². The van der Waals surface area contributed by atoms with Gasteiger partial charge in [-0.25, -0.2) is 4.68 Å². The van der Waals surface area contributed by atoms with Crippen LogP contribution < -0.4 is 10.6 Å². The van der Waals surface area contributed by atoms with Crippen molar-refractivity contribution in [3.05, 3.63) is 41.7 Å². The molecule has 1 amide bonds. The molecule has 1 aromatic carbocycles. The SMILES string of the molecule is CCCC(NCC(=O)Nc1c(C)nn(-c2ccccc2)c1C)C(=O)O.Cl. The topological polar surface area (TPSA) is 96.3 Å². The Hall–Kier alpha value is -2.38. The molecule has 8 heteroatoms. The van der Waals surface area contributed by atoms with E-state index >= 15 is 0 Å². The van der Waals surface area contributed by atoms with Crippen LogP contribution in [-0.4, -0.2) is 39.4 Å². The number of para-hydroxylation sites is 1. The molecule has 0 bridgehead atoms. The van der Waals surface area contributed by atoms with Gasteiger partial charge >= 0.3 is 5.97 Å². The first-order valence-corrected chi connectivity index (χ1v) is 8.31. The van der Waals surface area contributed by atoms with E-state index in [0.29, 0.717) is 17.8 Å². The van der Waals surface area contributed by atoms with Crippen LogP contribution >= 0.6 is 12.4 Å². The van der Waals surface area contributed by atoms with E-state index in [1.807, 2.05) is 51.1 Å². The highest BCUT2D eigenvalue weighted by Crippen LogP contribution is 2.22. The average Bonchev–Trinajstić information content (AvgIpc) is 2.87. The number of carbonyl (C=O) groups excluding carboxylic acids is 1.